The number of aliphatic hydroxyl groups is 1. The first-order valence-electron chi connectivity index (χ1n) is 2.49. The number of hydrogen-bond donors (Lipinski definition) is 4. The van der Waals surface area contributed by atoms with Gasteiger partial charge in [-0.05, 0) is 0 Å². The molecule has 10 heavy (non-hydrogen) atoms. The van der Waals surface area contributed by atoms with Crippen LogP contribution in [-0.2, 0) is 10.1 Å². The summed E-state index contributed by atoms with van der Waals surface area (Å²) in [7, 11) is -4.37. The first-order chi connectivity index (χ1) is 4.39. The summed E-state index contributed by atoms with van der Waals surface area (Å²) in [6.07, 6.45) is -1.42. The monoisotopic (exact) mass is 170 g/mol. The van der Waals surface area contributed by atoms with Crippen molar-refractivity contribution < 1.29 is 18.1 Å². The Kier molecular flexibility index (Phi) is 3.19. The van der Waals surface area contributed by atoms with Crippen LogP contribution in [0.4, 0.5) is 0 Å². The maximum absolute atomic E-state index is 10.1. The maximum atomic E-state index is 10.1. The second-order valence-electron chi connectivity index (χ2n) is 1.78. The highest BCUT2D eigenvalue weighted by Crippen LogP contribution is 1.95. The van der Waals surface area contributed by atoms with Crippen LogP contribution in [0.3, 0.4) is 0 Å². The highest BCUT2D eigenvalue weighted by molar-refractivity contribution is 7.86. The molecule has 0 aliphatic heterocycles. The highest BCUT2D eigenvalue weighted by atomic mass is 32.2. The smallest absolute Gasteiger partial charge is 0.283 e. The van der Waals surface area contributed by atoms with Crippen molar-refractivity contribution in [2.45, 2.75) is 11.5 Å². The Bertz CT molecular complexity index is 189. The summed E-state index contributed by atoms with van der Waals surface area (Å²) in [5.41, 5.74) is 9.70. The van der Waals surface area contributed by atoms with E-state index in [4.69, 9.17) is 21.1 Å². The van der Waals surface area contributed by atoms with Gasteiger partial charge < -0.3 is 16.6 Å². The first kappa shape index (κ1) is 9.79. The zero-order chi connectivity index (χ0) is 8.36. The molecule has 0 aromatic heterocycles. The SMILES string of the molecule is NCC(O)C(N)S(=O)(=O)O. The van der Waals surface area contributed by atoms with Crippen molar-refractivity contribution in [1.82, 2.24) is 0 Å². The lowest BCUT2D eigenvalue weighted by atomic mass is 10.4. The average molecular weight is 170 g/mol. The molecule has 6 N–H and O–H groups in total. The van der Waals surface area contributed by atoms with Crippen molar-refractivity contribution in [2.75, 3.05) is 6.54 Å². The van der Waals surface area contributed by atoms with Crippen molar-refractivity contribution >= 4 is 10.1 Å². The topological polar surface area (TPSA) is 127 Å². The molecule has 0 amide bonds. The molecule has 0 radical (unpaired) electrons. The van der Waals surface area contributed by atoms with Crippen LogP contribution in [0.25, 0.3) is 0 Å². The van der Waals surface area contributed by atoms with E-state index in [1.165, 1.54) is 0 Å². The van der Waals surface area contributed by atoms with Crippen molar-refractivity contribution in [3.8, 4) is 0 Å². The van der Waals surface area contributed by atoms with E-state index in [9.17, 15) is 8.42 Å². The third kappa shape index (κ3) is 2.58. The van der Waals surface area contributed by atoms with E-state index < -0.39 is 21.6 Å². The molecular weight excluding hydrogens is 160 g/mol. The third-order valence-electron chi connectivity index (χ3n) is 0.965. The molecule has 0 aliphatic carbocycles. The van der Waals surface area contributed by atoms with Crippen LogP contribution in [0.2, 0.25) is 0 Å². The molecule has 0 bridgehead atoms. The van der Waals surface area contributed by atoms with Crippen LogP contribution in [0.15, 0.2) is 0 Å². The molecule has 62 valence electrons. The summed E-state index contributed by atoms with van der Waals surface area (Å²) in [6.45, 7) is -0.305. The molecule has 2 unspecified atom stereocenters. The van der Waals surface area contributed by atoms with Gasteiger partial charge in [-0.25, -0.2) is 0 Å². The zero-order valence-electron chi connectivity index (χ0n) is 5.14. The van der Waals surface area contributed by atoms with E-state index in [0.717, 1.165) is 0 Å². The Hall–Kier alpha value is -0.210. The Morgan fingerprint density at radius 1 is 1.50 bits per heavy atom. The minimum absolute atomic E-state index is 0.305. The molecule has 0 rings (SSSR count). The summed E-state index contributed by atoms with van der Waals surface area (Å²) in [5.74, 6) is 0. The van der Waals surface area contributed by atoms with E-state index in [2.05, 4.69) is 0 Å². The normalized spacial score (nSPS) is 18.4. The zero-order valence-corrected chi connectivity index (χ0v) is 5.95. The molecule has 0 heterocycles. The van der Waals surface area contributed by atoms with Gasteiger partial charge in [0.05, 0.1) is 6.10 Å². The van der Waals surface area contributed by atoms with Gasteiger partial charge in [-0.1, -0.05) is 0 Å². The molecule has 0 fully saturated rings. The van der Waals surface area contributed by atoms with Crippen molar-refractivity contribution in [3.05, 3.63) is 0 Å². The standard InChI is InChI=1S/C3H10N2O4S/c4-1-2(6)3(5)10(7,8)9/h2-3,6H,1,4-5H2,(H,7,8,9). The minimum atomic E-state index is -4.37. The van der Waals surface area contributed by atoms with Crippen LogP contribution >= 0.6 is 0 Å². The van der Waals surface area contributed by atoms with E-state index in [0.29, 0.717) is 0 Å². The van der Waals surface area contributed by atoms with Gasteiger partial charge in [0.25, 0.3) is 10.1 Å². The fraction of sp³-hybridized carbons (Fsp3) is 1.00. The van der Waals surface area contributed by atoms with Gasteiger partial charge >= 0.3 is 0 Å². The van der Waals surface area contributed by atoms with E-state index >= 15 is 0 Å². The van der Waals surface area contributed by atoms with Gasteiger partial charge in [0, 0.05) is 6.54 Å². The van der Waals surface area contributed by atoms with Crippen LogP contribution in [0.1, 0.15) is 0 Å². The van der Waals surface area contributed by atoms with E-state index in [1.54, 1.807) is 0 Å². The fourth-order valence-corrected chi connectivity index (χ4v) is 0.841. The minimum Gasteiger partial charge on any atom is -0.389 e. The Balaban J connectivity index is 4.23. The molecular formula is C3H10N2O4S. The summed E-state index contributed by atoms with van der Waals surface area (Å²) in [4.78, 5) is 0. The second kappa shape index (κ2) is 3.26. The molecule has 0 aromatic rings. The van der Waals surface area contributed by atoms with Crippen molar-refractivity contribution in [3.63, 3.8) is 0 Å². The van der Waals surface area contributed by atoms with E-state index in [-0.39, 0.29) is 6.54 Å². The van der Waals surface area contributed by atoms with Gasteiger partial charge in [-0.3, -0.25) is 4.55 Å². The first-order valence-corrected chi connectivity index (χ1v) is 4.00. The van der Waals surface area contributed by atoms with Gasteiger partial charge in [0.2, 0.25) is 0 Å². The average Bonchev–Trinajstić information content (AvgIpc) is 1.83. The van der Waals surface area contributed by atoms with Crippen LogP contribution in [-0.4, -0.2) is 36.1 Å². The number of nitrogens with two attached hydrogens (primary N) is 2. The summed E-state index contributed by atoms with van der Waals surface area (Å²) in [5, 5.41) is 6.96. The third-order valence-corrected chi connectivity index (χ3v) is 1.97. The van der Waals surface area contributed by atoms with Gasteiger partial charge in [-0.2, -0.15) is 8.42 Å². The molecule has 0 aromatic carbocycles. The lowest BCUT2D eigenvalue weighted by Gasteiger charge is -2.12. The van der Waals surface area contributed by atoms with Crippen molar-refractivity contribution in [2.24, 2.45) is 11.5 Å². The van der Waals surface area contributed by atoms with Crippen LogP contribution < -0.4 is 11.5 Å². The van der Waals surface area contributed by atoms with Gasteiger partial charge in [0.15, 0.2) is 5.37 Å². The molecule has 0 spiro atoms. The lowest BCUT2D eigenvalue weighted by Crippen LogP contribution is -2.45. The summed E-state index contributed by atoms with van der Waals surface area (Å²) >= 11 is 0. The quantitative estimate of drug-likeness (QED) is 0.346. The highest BCUT2D eigenvalue weighted by Gasteiger charge is 2.25. The predicted octanol–water partition coefficient (Wildman–Crippen LogP) is -2.52. The number of rotatable bonds is 3. The van der Waals surface area contributed by atoms with Gasteiger partial charge in [-0.15, -0.1) is 0 Å². The lowest BCUT2D eigenvalue weighted by molar-refractivity contribution is 0.174. The molecule has 0 aliphatic rings. The van der Waals surface area contributed by atoms with Crippen molar-refractivity contribution in [1.29, 1.82) is 0 Å². The van der Waals surface area contributed by atoms with E-state index in [1.807, 2.05) is 0 Å². The largest absolute Gasteiger partial charge is 0.389 e. The molecule has 0 saturated heterocycles. The summed E-state index contributed by atoms with van der Waals surface area (Å²) in [6, 6.07) is 0. The molecule has 7 heteroatoms. The number of hydrogen-bond acceptors (Lipinski definition) is 5. The van der Waals surface area contributed by atoms with Gasteiger partial charge in [0.1, 0.15) is 0 Å². The molecule has 2 atom stereocenters. The Morgan fingerprint density at radius 3 is 2.00 bits per heavy atom. The molecule has 0 saturated carbocycles. The van der Waals surface area contributed by atoms with Crippen LogP contribution in [0.5, 0.6) is 0 Å². The predicted molar refractivity (Wildman–Crippen MR) is 34.6 cm³/mol. The summed E-state index contributed by atoms with van der Waals surface area (Å²) < 4.78 is 28.5. The van der Waals surface area contributed by atoms with Crippen LogP contribution in [0, 0.1) is 0 Å². The fourth-order valence-electron chi connectivity index (χ4n) is 0.333. The Morgan fingerprint density at radius 2 is 1.90 bits per heavy atom. The Labute approximate surface area is 58.6 Å². The molecule has 6 nitrogen and oxygen atoms in total. The maximum Gasteiger partial charge on any atom is 0.283 e. The number of aliphatic hydroxyl groups excluding tert-OH is 1. The second-order valence-corrected chi connectivity index (χ2v) is 3.36.